The number of carbonyl (C=O) groups is 2. The fraction of sp³-hybridized carbons (Fsp3) is 0.417. The quantitative estimate of drug-likeness (QED) is 0.337. The molecule has 6 atom stereocenters. The van der Waals surface area contributed by atoms with E-state index in [-0.39, 0.29) is 13.2 Å². The maximum Gasteiger partial charge on any atom is 0.232 e. The maximum atomic E-state index is 12.6. The first-order valence-electron chi connectivity index (χ1n) is 10.5. The number of rotatable bonds is 13. The van der Waals surface area contributed by atoms with E-state index in [4.69, 9.17) is 9.47 Å². The van der Waals surface area contributed by atoms with Crippen LogP contribution in [0.1, 0.15) is 37.2 Å². The number of benzene rings is 2. The number of ether oxygens (including phenoxy) is 2. The van der Waals surface area contributed by atoms with E-state index >= 15 is 0 Å². The summed E-state index contributed by atoms with van der Waals surface area (Å²) in [7, 11) is 0. The van der Waals surface area contributed by atoms with Crippen molar-refractivity contribution in [1.82, 2.24) is 0 Å². The van der Waals surface area contributed by atoms with Gasteiger partial charge in [-0.2, -0.15) is 0 Å². The molecule has 4 unspecified atom stereocenters. The van der Waals surface area contributed by atoms with E-state index in [9.17, 15) is 30.0 Å². The van der Waals surface area contributed by atoms with Crippen LogP contribution in [0, 0.1) is 0 Å². The van der Waals surface area contributed by atoms with Gasteiger partial charge in [-0.3, -0.25) is 9.59 Å². The molecule has 0 aliphatic heterocycles. The van der Waals surface area contributed by atoms with E-state index in [2.05, 4.69) is 0 Å². The smallest absolute Gasteiger partial charge is 0.232 e. The Labute approximate surface area is 187 Å². The van der Waals surface area contributed by atoms with Crippen LogP contribution in [0.15, 0.2) is 60.7 Å². The van der Waals surface area contributed by atoms with Crippen molar-refractivity contribution < 1.29 is 39.5 Å². The van der Waals surface area contributed by atoms with E-state index in [1.807, 2.05) is 0 Å². The Morgan fingerprint density at radius 2 is 0.969 bits per heavy atom. The number of aliphatic hydroxyl groups is 4. The van der Waals surface area contributed by atoms with Crippen LogP contribution in [-0.2, 0) is 19.1 Å². The summed E-state index contributed by atoms with van der Waals surface area (Å²) in [6.45, 7) is 3.72. The summed E-state index contributed by atoms with van der Waals surface area (Å²) in [6, 6.07) is 16.9. The fourth-order valence-corrected chi connectivity index (χ4v) is 3.36. The lowest BCUT2D eigenvalue weighted by Gasteiger charge is -2.28. The Hall–Kier alpha value is -2.46. The molecule has 0 saturated carbocycles. The molecule has 174 valence electrons. The molecular weight excluding hydrogens is 416 g/mol. The molecule has 0 spiro atoms. The van der Waals surface area contributed by atoms with Gasteiger partial charge in [-0.25, -0.2) is 0 Å². The lowest BCUT2D eigenvalue weighted by molar-refractivity contribution is -0.161. The molecule has 0 aromatic heterocycles. The maximum absolute atomic E-state index is 12.6. The van der Waals surface area contributed by atoms with Crippen LogP contribution in [0.5, 0.6) is 0 Å². The Morgan fingerprint density at radius 3 is 1.25 bits per heavy atom. The number of ketones is 2. The molecule has 2 rings (SSSR count). The Kier molecular flexibility index (Phi) is 10.1. The SMILES string of the molecule is CCOC(c1ccccc1)C(O)[C@H](O)C(=O)C(=O)[C@H](O)C(O)C(OCC)c1ccccc1. The first kappa shape index (κ1) is 25.8. The minimum Gasteiger partial charge on any atom is -0.387 e. The van der Waals surface area contributed by atoms with Crippen LogP contribution >= 0.6 is 0 Å². The summed E-state index contributed by atoms with van der Waals surface area (Å²) in [5.74, 6) is -2.87. The highest BCUT2D eigenvalue weighted by molar-refractivity contribution is 6.40. The largest absolute Gasteiger partial charge is 0.387 e. The third-order valence-corrected chi connectivity index (χ3v) is 5.00. The van der Waals surface area contributed by atoms with Gasteiger partial charge >= 0.3 is 0 Å². The predicted octanol–water partition coefficient (Wildman–Crippen LogP) is 1.12. The van der Waals surface area contributed by atoms with E-state index in [0.29, 0.717) is 11.1 Å². The minimum absolute atomic E-state index is 0.180. The summed E-state index contributed by atoms with van der Waals surface area (Å²) in [4.78, 5) is 25.1. The molecule has 2 aromatic rings. The standard InChI is InChI=1S/C24H30O8/c1-3-31-23(15-11-7-5-8-12-15)21(29)19(27)17(25)18(26)20(28)22(30)24(32-4-2)16-13-9-6-10-14-16/h5-14,19-24,27-30H,3-4H2,1-2H3/t19-,20+,21?,22?,23?,24?. The molecule has 0 saturated heterocycles. The first-order chi connectivity index (χ1) is 15.3. The van der Waals surface area contributed by atoms with Gasteiger partial charge in [-0.05, 0) is 25.0 Å². The molecule has 0 radical (unpaired) electrons. The average molecular weight is 446 g/mol. The van der Waals surface area contributed by atoms with Gasteiger partial charge in [0.25, 0.3) is 0 Å². The number of Topliss-reactive ketones (excluding diaryl/α,β-unsaturated/α-hetero) is 2. The highest BCUT2D eigenvalue weighted by Crippen LogP contribution is 2.26. The fourth-order valence-electron chi connectivity index (χ4n) is 3.36. The van der Waals surface area contributed by atoms with Crippen LogP contribution in [-0.4, -0.2) is 69.6 Å². The van der Waals surface area contributed by atoms with E-state index in [1.165, 1.54) is 0 Å². The molecule has 8 nitrogen and oxygen atoms in total. The molecule has 2 aromatic carbocycles. The van der Waals surface area contributed by atoms with Gasteiger partial charge < -0.3 is 29.9 Å². The number of hydrogen-bond acceptors (Lipinski definition) is 8. The zero-order chi connectivity index (χ0) is 23.7. The summed E-state index contributed by atoms with van der Waals surface area (Å²) in [5, 5.41) is 41.9. The van der Waals surface area contributed by atoms with Crippen LogP contribution in [0.25, 0.3) is 0 Å². The van der Waals surface area contributed by atoms with Crippen LogP contribution < -0.4 is 0 Å². The number of carbonyl (C=O) groups excluding carboxylic acids is 2. The first-order valence-corrected chi connectivity index (χ1v) is 10.5. The second-order valence-corrected chi connectivity index (χ2v) is 7.17. The molecule has 0 heterocycles. The van der Waals surface area contributed by atoms with Gasteiger partial charge in [0.1, 0.15) is 36.6 Å². The van der Waals surface area contributed by atoms with Crippen molar-refractivity contribution in [1.29, 1.82) is 0 Å². The van der Waals surface area contributed by atoms with Gasteiger partial charge in [0.05, 0.1) is 0 Å². The Bertz CT molecular complexity index is 770. The lowest BCUT2D eigenvalue weighted by atomic mass is 9.91. The molecule has 8 heteroatoms. The molecule has 0 fully saturated rings. The van der Waals surface area contributed by atoms with Gasteiger partial charge in [-0.15, -0.1) is 0 Å². The molecule has 0 amide bonds. The summed E-state index contributed by atoms with van der Waals surface area (Å²) < 4.78 is 10.9. The molecule has 4 N–H and O–H groups in total. The van der Waals surface area contributed by atoms with Crippen molar-refractivity contribution >= 4 is 11.6 Å². The van der Waals surface area contributed by atoms with Crippen LogP contribution in [0.3, 0.4) is 0 Å². The number of aliphatic hydroxyl groups excluding tert-OH is 4. The van der Waals surface area contributed by atoms with E-state index in [1.54, 1.807) is 74.5 Å². The zero-order valence-corrected chi connectivity index (χ0v) is 18.1. The normalized spacial score (nSPS) is 17.1. The Balaban J connectivity index is 2.17. The van der Waals surface area contributed by atoms with Gasteiger partial charge in [0.15, 0.2) is 0 Å². The lowest BCUT2D eigenvalue weighted by Crippen LogP contribution is -2.49. The third kappa shape index (κ3) is 6.29. The molecular formula is C24H30O8. The van der Waals surface area contributed by atoms with Crippen molar-refractivity contribution in [3.05, 3.63) is 71.8 Å². The average Bonchev–Trinajstić information content (AvgIpc) is 2.84. The highest BCUT2D eigenvalue weighted by Gasteiger charge is 2.41. The van der Waals surface area contributed by atoms with Crippen molar-refractivity contribution in [3.8, 4) is 0 Å². The van der Waals surface area contributed by atoms with Crippen LogP contribution in [0.2, 0.25) is 0 Å². The highest BCUT2D eigenvalue weighted by atomic mass is 16.5. The third-order valence-electron chi connectivity index (χ3n) is 5.00. The summed E-state index contributed by atoms with van der Waals surface area (Å²) in [6.07, 6.45) is -10.0. The minimum atomic E-state index is -2.16. The van der Waals surface area contributed by atoms with Crippen molar-refractivity contribution in [2.75, 3.05) is 13.2 Å². The van der Waals surface area contributed by atoms with Gasteiger partial charge in [-0.1, -0.05) is 60.7 Å². The molecule has 0 aliphatic carbocycles. The molecule has 0 bridgehead atoms. The van der Waals surface area contributed by atoms with E-state index < -0.39 is 48.2 Å². The second kappa shape index (κ2) is 12.5. The van der Waals surface area contributed by atoms with Crippen molar-refractivity contribution in [3.63, 3.8) is 0 Å². The zero-order valence-electron chi connectivity index (χ0n) is 18.1. The predicted molar refractivity (Wildman–Crippen MR) is 116 cm³/mol. The second-order valence-electron chi connectivity index (χ2n) is 7.17. The summed E-state index contributed by atoms with van der Waals surface area (Å²) in [5.41, 5.74) is 1.00. The van der Waals surface area contributed by atoms with Gasteiger partial charge in [0.2, 0.25) is 11.6 Å². The topological polar surface area (TPSA) is 134 Å². The summed E-state index contributed by atoms with van der Waals surface area (Å²) >= 11 is 0. The molecule has 32 heavy (non-hydrogen) atoms. The van der Waals surface area contributed by atoms with Crippen molar-refractivity contribution in [2.45, 2.75) is 50.5 Å². The molecule has 0 aliphatic rings. The van der Waals surface area contributed by atoms with E-state index in [0.717, 1.165) is 0 Å². The Morgan fingerprint density at radius 1 is 0.656 bits per heavy atom. The monoisotopic (exact) mass is 446 g/mol. The number of hydrogen-bond donors (Lipinski definition) is 4. The van der Waals surface area contributed by atoms with Crippen molar-refractivity contribution in [2.24, 2.45) is 0 Å². The van der Waals surface area contributed by atoms with Gasteiger partial charge in [0, 0.05) is 13.2 Å². The van der Waals surface area contributed by atoms with Crippen LogP contribution in [0.4, 0.5) is 0 Å².